The van der Waals surface area contributed by atoms with Crippen LogP contribution in [0.5, 0.6) is 5.75 Å². The number of nitrogens with two attached hydrogens (primary N) is 1. The third kappa shape index (κ3) is 4.47. The van der Waals surface area contributed by atoms with Crippen LogP contribution in [-0.4, -0.2) is 30.5 Å². The summed E-state index contributed by atoms with van der Waals surface area (Å²) in [5.41, 5.74) is 6.63. The summed E-state index contributed by atoms with van der Waals surface area (Å²) in [6, 6.07) is 7.43. The predicted octanol–water partition coefficient (Wildman–Crippen LogP) is 1.65. The molecule has 1 aromatic rings. The van der Waals surface area contributed by atoms with E-state index in [0.29, 0.717) is 11.3 Å². The van der Waals surface area contributed by atoms with Crippen molar-refractivity contribution in [3.63, 3.8) is 0 Å². The van der Waals surface area contributed by atoms with Gasteiger partial charge < -0.3 is 10.5 Å². The number of ether oxygens (including phenoxy) is 1. The molecule has 1 fully saturated rings. The van der Waals surface area contributed by atoms with Crippen molar-refractivity contribution in [2.75, 3.05) is 19.7 Å². The zero-order valence-corrected chi connectivity index (χ0v) is 12.3. The summed E-state index contributed by atoms with van der Waals surface area (Å²) in [6.07, 6.45) is 2.40. The third-order valence-corrected chi connectivity index (χ3v) is 3.84. The minimum absolute atomic E-state index is 0.168. The van der Waals surface area contributed by atoms with Gasteiger partial charge in [-0.3, -0.25) is 9.69 Å². The van der Waals surface area contributed by atoms with Crippen molar-refractivity contribution in [3.8, 4) is 11.8 Å². The number of likely N-dealkylation sites (tertiary alicyclic amines) is 1. The Kier molecular flexibility index (Phi) is 5.18. The quantitative estimate of drug-likeness (QED) is 0.893. The minimum atomic E-state index is -0.518. The number of carbonyl (C=O) groups is 1. The molecule has 1 aliphatic heterocycles. The summed E-state index contributed by atoms with van der Waals surface area (Å²) in [6.45, 7) is 5.01. The van der Waals surface area contributed by atoms with E-state index in [1.54, 1.807) is 12.1 Å². The molecule has 2 N–H and O–H groups in total. The molecule has 21 heavy (non-hydrogen) atoms. The number of hydrogen-bond donors (Lipinski definition) is 1. The van der Waals surface area contributed by atoms with Gasteiger partial charge in [0, 0.05) is 12.1 Å². The maximum atomic E-state index is 10.9. The van der Waals surface area contributed by atoms with Crippen molar-refractivity contribution < 1.29 is 9.53 Å². The van der Waals surface area contributed by atoms with E-state index in [0.717, 1.165) is 31.1 Å². The predicted molar refractivity (Wildman–Crippen MR) is 79.5 cm³/mol. The first kappa shape index (κ1) is 15.3. The molecule has 0 saturated carbocycles. The molecule has 2 rings (SSSR count). The number of amides is 1. The normalized spacial score (nSPS) is 16.4. The van der Waals surface area contributed by atoms with E-state index >= 15 is 0 Å². The van der Waals surface area contributed by atoms with Crippen LogP contribution >= 0.6 is 0 Å². The Morgan fingerprint density at radius 1 is 1.48 bits per heavy atom. The highest BCUT2D eigenvalue weighted by molar-refractivity contribution is 5.75. The van der Waals surface area contributed by atoms with Crippen LogP contribution in [0.15, 0.2) is 18.2 Å². The van der Waals surface area contributed by atoms with Gasteiger partial charge in [-0.15, -0.1) is 0 Å². The summed E-state index contributed by atoms with van der Waals surface area (Å²) < 4.78 is 5.45. The van der Waals surface area contributed by atoms with Crippen LogP contribution in [0, 0.1) is 17.2 Å². The molecule has 1 amide bonds. The Labute approximate surface area is 125 Å². The number of benzene rings is 1. The monoisotopic (exact) mass is 287 g/mol. The van der Waals surface area contributed by atoms with Gasteiger partial charge in [0.05, 0.1) is 11.6 Å². The zero-order valence-electron chi connectivity index (χ0n) is 12.3. The molecule has 0 aromatic heterocycles. The van der Waals surface area contributed by atoms with Crippen LogP contribution in [0.4, 0.5) is 0 Å². The number of hydrogen-bond acceptors (Lipinski definition) is 4. The molecular formula is C16H21N3O2. The smallest absolute Gasteiger partial charge is 0.255 e. The first-order chi connectivity index (χ1) is 10.1. The average Bonchev–Trinajstić information content (AvgIpc) is 2.48. The molecule has 0 unspecified atom stereocenters. The van der Waals surface area contributed by atoms with E-state index in [-0.39, 0.29) is 6.61 Å². The molecule has 0 atom stereocenters. The Morgan fingerprint density at radius 2 is 2.19 bits per heavy atom. The maximum Gasteiger partial charge on any atom is 0.255 e. The Bertz CT molecular complexity index is 543. The second kappa shape index (κ2) is 7.09. The highest BCUT2D eigenvalue weighted by Crippen LogP contribution is 2.24. The van der Waals surface area contributed by atoms with E-state index in [9.17, 15) is 4.79 Å². The van der Waals surface area contributed by atoms with Gasteiger partial charge in [0.15, 0.2) is 6.61 Å². The molecule has 5 heteroatoms. The number of nitriles is 1. The number of primary amides is 1. The fourth-order valence-electron chi connectivity index (χ4n) is 2.50. The highest BCUT2D eigenvalue weighted by Gasteiger charge is 2.17. The van der Waals surface area contributed by atoms with E-state index in [1.165, 1.54) is 12.8 Å². The first-order valence-electron chi connectivity index (χ1n) is 7.25. The molecule has 0 radical (unpaired) electrons. The number of rotatable bonds is 5. The fourth-order valence-corrected chi connectivity index (χ4v) is 2.50. The van der Waals surface area contributed by atoms with Crippen molar-refractivity contribution in [1.29, 1.82) is 5.26 Å². The fraction of sp³-hybridized carbons (Fsp3) is 0.500. The second-order valence-corrected chi connectivity index (χ2v) is 5.65. The lowest BCUT2D eigenvalue weighted by Crippen LogP contribution is -2.32. The molecule has 112 valence electrons. The van der Waals surface area contributed by atoms with Gasteiger partial charge in [0.25, 0.3) is 5.91 Å². The molecule has 1 aromatic carbocycles. The summed E-state index contributed by atoms with van der Waals surface area (Å²) in [5.74, 6) is 0.842. The topological polar surface area (TPSA) is 79.3 Å². The standard InChI is InChI=1S/C16H21N3O2/c1-12-4-6-19(7-5-12)10-14-3-2-13(9-17)8-15(14)21-11-16(18)20/h2-3,8,12H,4-7,10-11H2,1H3,(H2,18,20). The van der Waals surface area contributed by atoms with Gasteiger partial charge in [0.1, 0.15) is 5.75 Å². The SMILES string of the molecule is CC1CCN(Cc2ccc(C#N)cc2OCC(N)=O)CC1. The zero-order chi connectivity index (χ0) is 15.2. The van der Waals surface area contributed by atoms with E-state index in [4.69, 9.17) is 15.7 Å². The third-order valence-electron chi connectivity index (χ3n) is 3.84. The van der Waals surface area contributed by atoms with Crippen molar-refractivity contribution >= 4 is 5.91 Å². The van der Waals surface area contributed by atoms with Crippen molar-refractivity contribution in [3.05, 3.63) is 29.3 Å². The van der Waals surface area contributed by atoms with Gasteiger partial charge in [-0.05, 0) is 44.0 Å². The van der Waals surface area contributed by atoms with Gasteiger partial charge >= 0.3 is 0 Å². The molecular weight excluding hydrogens is 266 g/mol. The van der Waals surface area contributed by atoms with Crippen LogP contribution < -0.4 is 10.5 Å². The summed E-state index contributed by atoms with van der Waals surface area (Å²) in [7, 11) is 0. The highest BCUT2D eigenvalue weighted by atomic mass is 16.5. The first-order valence-corrected chi connectivity index (χ1v) is 7.25. The van der Waals surface area contributed by atoms with Crippen LogP contribution in [0.25, 0.3) is 0 Å². The molecule has 1 aliphatic rings. The second-order valence-electron chi connectivity index (χ2n) is 5.65. The average molecular weight is 287 g/mol. The Balaban J connectivity index is 2.09. The van der Waals surface area contributed by atoms with Gasteiger partial charge in [-0.25, -0.2) is 0 Å². The van der Waals surface area contributed by atoms with Crippen LogP contribution in [0.2, 0.25) is 0 Å². The van der Waals surface area contributed by atoms with Crippen LogP contribution in [-0.2, 0) is 11.3 Å². The van der Waals surface area contributed by atoms with Gasteiger partial charge in [-0.1, -0.05) is 13.0 Å². The largest absolute Gasteiger partial charge is 0.483 e. The Morgan fingerprint density at radius 3 is 2.81 bits per heavy atom. The van der Waals surface area contributed by atoms with Crippen molar-refractivity contribution in [1.82, 2.24) is 4.90 Å². The summed E-state index contributed by atoms with van der Waals surface area (Å²) in [4.78, 5) is 13.3. The van der Waals surface area contributed by atoms with Crippen molar-refractivity contribution in [2.45, 2.75) is 26.3 Å². The summed E-state index contributed by atoms with van der Waals surface area (Å²) >= 11 is 0. The van der Waals surface area contributed by atoms with Gasteiger partial charge in [-0.2, -0.15) is 5.26 Å². The molecule has 1 saturated heterocycles. The molecule has 1 heterocycles. The lowest BCUT2D eigenvalue weighted by atomic mass is 9.98. The minimum Gasteiger partial charge on any atom is -0.483 e. The number of nitrogens with zero attached hydrogens (tertiary/aromatic N) is 2. The van der Waals surface area contributed by atoms with Crippen molar-refractivity contribution in [2.24, 2.45) is 11.7 Å². The van der Waals surface area contributed by atoms with Crippen LogP contribution in [0.3, 0.4) is 0 Å². The molecule has 0 aliphatic carbocycles. The summed E-state index contributed by atoms with van der Waals surface area (Å²) in [5, 5.41) is 8.97. The van der Waals surface area contributed by atoms with Gasteiger partial charge in [0.2, 0.25) is 0 Å². The van der Waals surface area contributed by atoms with E-state index in [2.05, 4.69) is 17.9 Å². The lowest BCUT2D eigenvalue weighted by Gasteiger charge is -2.30. The molecule has 0 bridgehead atoms. The van der Waals surface area contributed by atoms with Crippen LogP contribution in [0.1, 0.15) is 30.9 Å². The number of piperidine rings is 1. The lowest BCUT2D eigenvalue weighted by molar-refractivity contribution is -0.119. The Hall–Kier alpha value is -2.06. The number of carbonyl (C=O) groups excluding carboxylic acids is 1. The molecule has 0 spiro atoms. The molecule has 5 nitrogen and oxygen atoms in total. The maximum absolute atomic E-state index is 10.9. The van der Waals surface area contributed by atoms with E-state index in [1.807, 2.05) is 6.07 Å². The van der Waals surface area contributed by atoms with E-state index < -0.39 is 5.91 Å².